The molecule has 0 unspecified atom stereocenters. The fraction of sp³-hybridized carbons (Fsp3) is 0.792. The fourth-order valence-corrected chi connectivity index (χ4v) is 4.95. The Hall–Kier alpha value is -2.69. The van der Waals surface area contributed by atoms with Crippen LogP contribution in [0.1, 0.15) is 60.3 Å². The summed E-state index contributed by atoms with van der Waals surface area (Å²) < 4.78 is 0. The Morgan fingerprint density at radius 2 is 1.57 bits per heavy atom. The van der Waals surface area contributed by atoms with Crippen LogP contribution in [0.3, 0.4) is 0 Å². The first-order valence-corrected chi connectivity index (χ1v) is 12.6. The summed E-state index contributed by atoms with van der Waals surface area (Å²) in [5.41, 5.74) is 10.7. The highest BCUT2D eigenvalue weighted by atomic mass is 16.2. The van der Waals surface area contributed by atoms with Crippen LogP contribution in [0.15, 0.2) is 0 Å². The van der Waals surface area contributed by atoms with Crippen molar-refractivity contribution in [2.24, 2.45) is 23.3 Å². The Balaban J connectivity index is 2.22. The van der Waals surface area contributed by atoms with Gasteiger partial charge in [0.25, 0.3) is 0 Å². The highest BCUT2D eigenvalue weighted by Gasteiger charge is 2.44. The third-order valence-corrected chi connectivity index (χ3v) is 6.73. The van der Waals surface area contributed by atoms with Crippen molar-refractivity contribution >= 4 is 29.5 Å². The molecule has 0 aliphatic carbocycles. The molecule has 2 saturated heterocycles. The van der Waals surface area contributed by atoms with E-state index in [1.165, 1.54) is 9.80 Å². The predicted molar refractivity (Wildman–Crippen MR) is 131 cm³/mol. The standard InChI is InChI=1S/C24H42N6O5/c1-14(2)12-17-23(34)29(9-8-27-17)19(13-15(3)4)24(35)28-10-11-30(22(33)16(28)5)18(21(26)32)6-7-20(25)31/h14-19,27H,6-13H2,1-5H3,(H2,25,31)(H2,26,32)/t16-,17-,18-,19-/m0/s1. The van der Waals surface area contributed by atoms with E-state index in [0.29, 0.717) is 31.8 Å². The van der Waals surface area contributed by atoms with Gasteiger partial charge in [-0.25, -0.2) is 0 Å². The van der Waals surface area contributed by atoms with Gasteiger partial charge in [0.1, 0.15) is 18.1 Å². The fourth-order valence-electron chi connectivity index (χ4n) is 4.95. The molecule has 2 aliphatic rings. The minimum atomic E-state index is -0.965. The highest BCUT2D eigenvalue weighted by molar-refractivity contribution is 5.95. The van der Waals surface area contributed by atoms with Crippen LogP contribution in [0.5, 0.6) is 0 Å². The van der Waals surface area contributed by atoms with Crippen LogP contribution in [-0.2, 0) is 24.0 Å². The molecule has 198 valence electrons. The summed E-state index contributed by atoms with van der Waals surface area (Å²) in [5, 5.41) is 3.27. The van der Waals surface area contributed by atoms with Gasteiger partial charge >= 0.3 is 0 Å². The molecule has 35 heavy (non-hydrogen) atoms. The maximum atomic E-state index is 13.8. The van der Waals surface area contributed by atoms with Crippen LogP contribution in [0, 0.1) is 11.8 Å². The first-order chi connectivity index (χ1) is 16.3. The Labute approximate surface area is 207 Å². The zero-order valence-corrected chi connectivity index (χ0v) is 21.7. The van der Waals surface area contributed by atoms with E-state index >= 15 is 0 Å². The van der Waals surface area contributed by atoms with Crippen molar-refractivity contribution in [3.63, 3.8) is 0 Å². The summed E-state index contributed by atoms with van der Waals surface area (Å²) in [6, 6.07) is -2.79. The molecule has 2 aliphatic heterocycles. The SMILES string of the molecule is CC(C)C[C@@H]1NCCN([C@@H](CC(C)C)C(=O)N2CCN([C@@H](CCC(N)=O)C(N)=O)C(=O)[C@@H]2C)C1=O. The smallest absolute Gasteiger partial charge is 0.246 e. The average Bonchev–Trinajstić information content (AvgIpc) is 2.75. The van der Waals surface area contributed by atoms with E-state index in [1.807, 2.05) is 13.8 Å². The molecule has 2 heterocycles. The number of hydrogen-bond acceptors (Lipinski definition) is 6. The van der Waals surface area contributed by atoms with E-state index in [1.54, 1.807) is 11.8 Å². The largest absolute Gasteiger partial charge is 0.370 e. The van der Waals surface area contributed by atoms with Gasteiger partial charge in [0.2, 0.25) is 29.5 Å². The lowest BCUT2D eigenvalue weighted by molar-refractivity contribution is -0.160. The molecule has 11 heteroatoms. The monoisotopic (exact) mass is 494 g/mol. The summed E-state index contributed by atoms with van der Waals surface area (Å²) in [7, 11) is 0. The lowest BCUT2D eigenvalue weighted by Gasteiger charge is -2.45. The molecule has 0 saturated carbocycles. The highest BCUT2D eigenvalue weighted by Crippen LogP contribution is 2.23. The van der Waals surface area contributed by atoms with Crippen LogP contribution in [0.4, 0.5) is 0 Å². The first-order valence-electron chi connectivity index (χ1n) is 12.6. The van der Waals surface area contributed by atoms with E-state index < -0.39 is 35.8 Å². The van der Waals surface area contributed by atoms with Crippen molar-refractivity contribution in [2.45, 2.75) is 84.5 Å². The number of nitrogens with two attached hydrogens (primary N) is 2. The zero-order chi connectivity index (χ0) is 26.4. The van der Waals surface area contributed by atoms with Crippen LogP contribution >= 0.6 is 0 Å². The van der Waals surface area contributed by atoms with Gasteiger partial charge in [-0.3, -0.25) is 24.0 Å². The van der Waals surface area contributed by atoms with Gasteiger partial charge < -0.3 is 31.5 Å². The second kappa shape index (κ2) is 12.3. The number of piperazine rings is 2. The van der Waals surface area contributed by atoms with Gasteiger partial charge in [-0.05, 0) is 38.0 Å². The van der Waals surface area contributed by atoms with Gasteiger partial charge in [-0.2, -0.15) is 0 Å². The quantitative estimate of drug-likeness (QED) is 0.349. The molecule has 5 N–H and O–H groups in total. The summed E-state index contributed by atoms with van der Waals surface area (Å²) >= 11 is 0. The minimum absolute atomic E-state index is 0.0412. The van der Waals surface area contributed by atoms with E-state index in [9.17, 15) is 24.0 Å². The van der Waals surface area contributed by atoms with Crippen molar-refractivity contribution in [3.8, 4) is 0 Å². The van der Waals surface area contributed by atoms with Gasteiger partial charge in [0, 0.05) is 32.6 Å². The van der Waals surface area contributed by atoms with Gasteiger partial charge in [-0.1, -0.05) is 27.7 Å². The maximum Gasteiger partial charge on any atom is 0.246 e. The van der Waals surface area contributed by atoms with Crippen molar-refractivity contribution in [3.05, 3.63) is 0 Å². The average molecular weight is 495 g/mol. The normalized spacial score (nSPS) is 23.1. The maximum absolute atomic E-state index is 13.8. The Kier molecular flexibility index (Phi) is 10.1. The van der Waals surface area contributed by atoms with Gasteiger partial charge in [0.05, 0.1) is 6.04 Å². The molecule has 11 nitrogen and oxygen atoms in total. The molecule has 2 fully saturated rings. The molecule has 0 bridgehead atoms. The number of primary amides is 2. The third-order valence-electron chi connectivity index (χ3n) is 6.73. The number of carbonyl (C=O) groups is 5. The summed E-state index contributed by atoms with van der Waals surface area (Å²) in [4.78, 5) is 68.0. The topological polar surface area (TPSA) is 159 Å². The summed E-state index contributed by atoms with van der Waals surface area (Å²) in [5.74, 6) is -1.56. The number of nitrogens with zero attached hydrogens (tertiary/aromatic N) is 3. The molecule has 0 aromatic carbocycles. The predicted octanol–water partition coefficient (Wildman–Crippen LogP) is -0.574. The van der Waals surface area contributed by atoms with Crippen LogP contribution in [-0.4, -0.2) is 94.6 Å². The molecule has 4 atom stereocenters. The van der Waals surface area contributed by atoms with Crippen LogP contribution < -0.4 is 16.8 Å². The van der Waals surface area contributed by atoms with Crippen molar-refractivity contribution in [1.29, 1.82) is 0 Å². The molecular formula is C24H42N6O5. The van der Waals surface area contributed by atoms with Crippen molar-refractivity contribution < 1.29 is 24.0 Å². The van der Waals surface area contributed by atoms with Gasteiger partial charge in [0.15, 0.2) is 0 Å². The van der Waals surface area contributed by atoms with E-state index in [4.69, 9.17) is 11.5 Å². The Morgan fingerprint density at radius 1 is 0.943 bits per heavy atom. The lowest BCUT2D eigenvalue weighted by atomic mass is 9.95. The Bertz CT molecular complexity index is 816. The van der Waals surface area contributed by atoms with Crippen LogP contribution in [0.2, 0.25) is 0 Å². The minimum Gasteiger partial charge on any atom is -0.370 e. The molecular weight excluding hydrogens is 452 g/mol. The van der Waals surface area contributed by atoms with Crippen molar-refractivity contribution in [2.75, 3.05) is 26.2 Å². The third kappa shape index (κ3) is 7.16. The molecule has 0 aromatic heterocycles. The number of rotatable bonds is 11. The number of hydrogen-bond donors (Lipinski definition) is 3. The molecule has 0 spiro atoms. The summed E-state index contributed by atoms with van der Waals surface area (Å²) in [6.07, 6.45) is 1.14. The molecule has 0 radical (unpaired) electrons. The Morgan fingerprint density at radius 3 is 2.11 bits per heavy atom. The molecule has 5 amide bonds. The first kappa shape index (κ1) is 28.5. The second-order valence-corrected chi connectivity index (χ2v) is 10.5. The van der Waals surface area contributed by atoms with Crippen molar-refractivity contribution in [1.82, 2.24) is 20.0 Å². The van der Waals surface area contributed by atoms with E-state index in [-0.39, 0.29) is 49.7 Å². The number of amides is 5. The van der Waals surface area contributed by atoms with E-state index in [2.05, 4.69) is 19.2 Å². The lowest BCUT2D eigenvalue weighted by Crippen LogP contribution is -2.66. The number of nitrogens with one attached hydrogen (secondary N) is 1. The summed E-state index contributed by atoms with van der Waals surface area (Å²) in [6.45, 7) is 11.1. The van der Waals surface area contributed by atoms with Crippen LogP contribution in [0.25, 0.3) is 0 Å². The van der Waals surface area contributed by atoms with Gasteiger partial charge in [-0.15, -0.1) is 0 Å². The number of carbonyl (C=O) groups excluding carboxylic acids is 5. The van der Waals surface area contributed by atoms with E-state index in [0.717, 1.165) is 0 Å². The second-order valence-electron chi connectivity index (χ2n) is 10.5. The molecule has 0 aromatic rings. The zero-order valence-electron chi connectivity index (χ0n) is 21.7. The molecule has 2 rings (SSSR count).